The SMILES string of the molecule is CCCCC/C=C\C/C=C\C/C=C\CCCCCCCCC(=O)OC(COC(=O)CCCCCCCC)COC(=O)CCCCCCCCCCCCCC/C=C\C/C=C\C/C=C\CCCCCCC. The number of ether oxygens (including phenoxy) is 3. The van der Waals surface area contributed by atoms with E-state index >= 15 is 0 Å². The molecule has 0 aromatic rings. The zero-order valence-electron chi connectivity index (χ0n) is 46.3. The first-order valence-corrected chi connectivity index (χ1v) is 29.9. The molecule has 404 valence electrons. The third kappa shape index (κ3) is 55.8. The molecule has 6 heteroatoms. The third-order valence-corrected chi connectivity index (χ3v) is 12.9. The van der Waals surface area contributed by atoms with Gasteiger partial charge in [-0.15, -0.1) is 0 Å². The quantitative estimate of drug-likeness (QED) is 0.0261. The maximum absolute atomic E-state index is 12.8. The van der Waals surface area contributed by atoms with Gasteiger partial charge in [0.25, 0.3) is 0 Å². The Hall–Kier alpha value is -3.15. The van der Waals surface area contributed by atoms with E-state index in [4.69, 9.17) is 14.2 Å². The minimum absolute atomic E-state index is 0.0805. The van der Waals surface area contributed by atoms with Crippen LogP contribution in [0.25, 0.3) is 0 Å². The standard InChI is InChI=1S/C64H112O6/c1-4-7-10-13-16-18-20-22-24-26-28-29-30-31-32-33-34-35-37-38-40-42-44-46-48-51-54-57-63(66)69-60-61(59-68-62(65)56-53-50-15-12-9-6-3)70-64(67)58-55-52-49-47-45-43-41-39-36-27-25-23-21-19-17-14-11-8-5-2/h17,19-20,22-23,25-26,28,30-31,36,39,61H,4-16,18,21,24,27,29,32-35,37-38,40-60H2,1-3H3/b19-17-,22-20-,25-23-,28-26-,31-30-,39-36-. The van der Waals surface area contributed by atoms with Gasteiger partial charge in [-0.1, -0.05) is 254 Å². The average Bonchev–Trinajstić information content (AvgIpc) is 3.36. The molecule has 70 heavy (non-hydrogen) atoms. The lowest BCUT2D eigenvalue weighted by Crippen LogP contribution is -2.30. The van der Waals surface area contributed by atoms with Crippen LogP contribution in [0.2, 0.25) is 0 Å². The van der Waals surface area contributed by atoms with Crippen LogP contribution in [-0.4, -0.2) is 37.2 Å². The highest BCUT2D eigenvalue weighted by Gasteiger charge is 2.19. The third-order valence-electron chi connectivity index (χ3n) is 12.9. The summed E-state index contributed by atoms with van der Waals surface area (Å²) in [5.74, 6) is -0.897. The van der Waals surface area contributed by atoms with Crippen molar-refractivity contribution in [2.24, 2.45) is 0 Å². The van der Waals surface area contributed by atoms with Crippen molar-refractivity contribution < 1.29 is 28.6 Å². The minimum atomic E-state index is -0.780. The maximum atomic E-state index is 12.8. The lowest BCUT2D eigenvalue weighted by Gasteiger charge is -2.18. The van der Waals surface area contributed by atoms with Gasteiger partial charge in [-0.2, -0.15) is 0 Å². The summed E-state index contributed by atoms with van der Waals surface area (Å²) in [6.45, 7) is 6.55. The highest BCUT2D eigenvalue weighted by Crippen LogP contribution is 2.15. The number of hydrogen-bond acceptors (Lipinski definition) is 6. The number of allylic oxidation sites excluding steroid dienone is 12. The highest BCUT2D eigenvalue weighted by atomic mass is 16.6. The van der Waals surface area contributed by atoms with Crippen molar-refractivity contribution in [3.63, 3.8) is 0 Å². The van der Waals surface area contributed by atoms with Gasteiger partial charge in [0, 0.05) is 19.3 Å². The van der Waals surface area contributed by atoms with Gasteiger partial charge in [0.2, 0.25) is 0 Å². The second-order valence-electron chi connectivity index (χ2n) is 19.9. The second-order valence-corrected chi connectivity index (χ2v) is 19.9. The monoisotopic (exact) mass is 977 g/mol. The predicted molar refractivity (Wildman–Crippen MR) is 302 cm³/mol. The minimum Gasteiger partial charge on any atom is -0.462 e. The fourth-order valence-corrected chi connectivity index (χ4v) is 8.40. The second kappa shape index (κ2) is 58.4. The van der Waals surface area contributed by atoms with Crippen molar-refractivity contribution in [1.82, 2.24) is 0 Å². The van der Waals surface area contributed by atoms with E-state index in [2.05, 4.69) is 93.7 Å². The zero-order valence-corrected chi connectivity index (χ0v) is 46.3. The van der Waals surface area contributed by atoms with E-state index < -0.39 is 6.10 Å². The Morgan fingerprint density at radius 3 is 0.829 bits per heavy atom. The molecule has 6 nitrogen and oxygen atoms in total. The molecule has 1 atom stereocenters. The van der Waals surface area contributed by atoms with Crippen LogP contribution in [0.3, 0.4) is 0 Å². The van der Waals surface area contributed by atoms with Gasteiger partial charge in [-0.3, -0.25) is 14.4 Å². The highest BCUT2D eigenvalue weighted by molar-refractivity contribution is 5.71. The number of carbonyl (C=O) groups is 3. The van der Waals surface area contributed by atoms with Crippen LogP contribution in [0.5, 0.6) is 0 Å². The summed E-state index contributed by atoms with van der Waals surface area (Å²) >= 11 is 0. The summed E-state index contributed by atoms with van der Waals surface area (Å²) in [4.78, 5) is 37.9. The number of esters is 3. The van der Waals surface area contributed by atoms with E-state index in [0.717, 1.165) is 96.3 Å². The van der Waals surface area contributed by atoms with Gasteiger partial charge in [0.05, 0.1) is 0 Å². The molecule has 0 aromatic carbocycles. The van der Waals surface area contributed by atoms with Crippen molar-refractivity contribution in [2.75, 3.05) is 13.2 Å². The molecule has 0 saturated carbocycles. The molecule has 0 rings (SSSR count). The summed E-state index contributed by atoms with van der Waals surface area (Å²) in [6.07, 6.45) is 75.0. The Morgan fingerprint density at radius 1 is 0.286 bits per heavy atom. The van der Waals surface area contributed by atoms with Crippen molar-refractivity contribution in [3.8, 4) is 0 Å². The molecule has 0 heterocycles. The smallest absolute Gasteiger partial charge is 0.306 e. The summed E-state index contributed by atoms with van der Waals surface area (Å²) < 4.78 is 16.8. The molecule has 0 aliphatic heterocycles. The number of hydrogen-bond donors (Lipinski definition) is 0. The van der Waals surface area contributed by atoms with E-state index in [9.17, 15) is 14.4 Å². The van der Waals surface area contributed by atoms with Crippen molar-refractivity contribution in [1.29, 1.82) is 0 Å². The average molecular weight is 978 g/mol. The van der Waals surface area contributed by atoms with Crippen molar-refractivity contribution in [3.05, 3.63) is 72.9 Å². The maximum Gasteiger partial charge on any atom is 0.306 e. The van der Waals surface area contributed by atoms with Crippen molar-refractivity contribution in [2.45, 2.75) is 303 Å². The van der Waals surface area contributed by atoms with Crippen LogP contribution in [0.15, 0.2) is 72.9 Å². The summed E-state index contributed by atoms with van der Waals surface area (Å²) in [6, 6.07) is 0. The lowest BCUT2D eigenvalue weighted by molar-refractivity contribution is -0.167. The topological polar surface area (TPSA) is 78.9 Å². The van der Waals surface area contributed by atoms with Gasteiger partial charge in [-0.25, -0.2) is 0 Å². The van der Waals surface area contributed by atoms with Crippen LogP contribution >= 0.6 is 0 Å². The summed E-state index contributed by atoms with van der Waals surface area (Å²) in [5, 5.41) is 0. The molecule has 0 amide bonds. The molecular weight excluding hydrogens is 865 g/mol. The Bertz CT molecular complexity index is 1310. The first-order chi connectivity index (χ1) is 34.5. The fraction of sp³-hybridized carbons (Fsp3) is 0.766. The Labute approximate surface area is 433 Å². The Kier molecular flexibility index (Phi) is 55.8. The van der Waals surface area contributed by atoms with Gasteiger partial charge < -0.3 is 14.2 Å². The van der Waals surface area contributed by atoms with E-state index in [1.807, 2.05) is 0 Å². The van der Waals surface area contributed by atoms with E-state index in [1.165, 1.54) is 161 Å². The molecule has 0 N–H and O–H groups in total. The largest absolute Gasteiger partial charge is 0.462 e. The molecule has 0 aliphatic rings. The molecule has 0 bridgehead atoms. The Balaban J connectivity index is 4.12. The van der Waals surface area contributed by atoms with Crippen LogP contribution in [0, 0.1) is 0 Å². The number of carbonyl (C=O) groups excluding carboxylic acids is 3. The van der Waals surface area contributed by atoms with Gasteiger partial charge in [-0.05, 0) is 96.3 Å². The molecule has 0 spiro atoms. The van der Waals surface area contributed by atoms with Crippen LogP contribution < -0.4 is 0 Å². The number of rotatable bonds is 54. The summed E-state index contributed by atoms with van der Waals surface area (Å²) in [5.41, 5.74) is 0. The van der Waals surface area contributed by atoms with E-state index in [1.54, 1.807) is 0 Å². The fourth-order valence-electron chi connectivity index (χ4n) is 8.40. The molecule has 0 saturated heterocycles. The van der Waals surface area contributed by atoms with E-state index in [0.29, 0.717) is 19.3 Å². The van der Waals surface area contributed by atoms with E-state index in [-0.39, 0.29) is 31.1 Å². The molecule has 0 fully saturated rings. The van der Waals surface area contributed by atoms with Gasteiger partial charge >= 0.3 is 17.9 Å². The van der Waals surface area contributed by atoms with Crippen molar-refractivity contribution >= 4 is 17.9 Å². The molecule has 0 aromatic heterocycles. The first kappa shape index (κ1) is 66.9. The predicted octanol–water partition coefficient (Wildman–Crippen LogP) is 20.2. The lowest BCUT2D eigenvalue weighted by atomic mass is 10.0. The molecule has 0 aliphatic carbocycles. The molecule has 1 unspecified atom stereocenters. The molecule has 0 radical (unpaired) electrons. The van der Waals surface area contributed by atoms with Crippen LogP contribution in [0.4, 0.5) is 0 Å². The number of unbranched alkanes of at least 4 members (excludes halogenated alkanes) is 31. The summed E-state index contributed by atoms with van der Waals surface area (Å²) in [7, 11) is 0. The van der Waals surface area contributed by atoms with Crippen LogP contribution in [0.1, 0.15) is 297 Å². The zero-order chi connectivity index (χ0) is 50.7. The molecular formula is C64H112O6. The normalized spacial score (nSPS) is 12.6. The Morgan fingerprint density at radius 2 is 0.514 bits per heavy atom. The first-order valence-electron chi connectivity index (χ1n) is 29.9. The van der Waals surface area contributed by atoms with Gasteiger partial charge in [0.1, 0.15) is 13.2 Å². The van der Waals surface area contributed by atoms with Gasteiger partial charge in [0.15, 0.2) is 6.10 Å². The van der Waals surface area contributed by atoms with Crippen LogP contribution in [-0.2, 0) is 28.6 Å².